The van der Waals surface area contributed by atoms with Gasteiger partial charge in [0.15, 0.2) is 5.78 Å². The lowest BCUT2D eigenvalue weighted by Crippen LogP contribution is -2.18. The Labute approximate surface area is 135 Å². The summed E-state index contributed by atoms with van der Waals surface area (Å²) in [6, 6.07) is 18.5. The highest BCUT2D eigenvalue weighted by Crippen LogP contribution is 2.42. The summed E-state index contributed by atoms with van der Waals surface area (Å²) in [7, 11) is 0. The number of hydrogen-bond acceptors (Lipinski definition) is 2. The van der Waals surface area contributed by atoms with E-state index in [1.54, 1.807) is 0 Å². The molecule has 0 N–H and O–H groups in total. The Morgan fingerprint density at radius 3 is 2.26 bits per heavy atom. The molecule has 1 heterocycles. The van der Waals surface area contributed by atoms with Crippen LogP contribution < -0.4 is 4.90 Å². The van der Waals surface area contributed by atoms with Gasteiger partial charge in [0, 0.05) is 40.7 Å². The average molecular weight is 299 g/mol. The Morgan fingerprint density at radius 1 is 0.696 bits per heavy atom. The van der Waals surface area contributed by atoms with Crippen LogP contribution in [0.3, 0.4) is 0 Å². The molecular weight excluding hydrogens is 282 g/mol. The fraction of sp³-hybridized carbons (Fsp3) is 0.190. The first-order chi connectivity index (χ1) is 11.3. The van der Waals surface area contributed by atoms with Crippen LogP contribution in [0.4, 0.5) is 5.69 Å². The average Bonchev–Trinajstić information content (AvgIpc) is 3.13. The van der Waals surface area contributed by atoms with Gasteiger partial charge in [-0.25, -0.2) is 0 Å². The predicted octanol–water partition coefficient (Wildman–Crippen LogP) is 4.65. The highest BCUT2D eigenvalue weighted by Gasteiger charge is 2.26. The highest BCUT2D eigenvalue weighted by atomic mass is 16.1. The molecule has 112 valence electrons. The molecular formula is C21H17NO. The molecule has 0 radical (unpaired) electrons. The maximum atomic E-state index is 12.9. The summed E-state index contributed by atoms with van der Waals surface area (Å²) < 4.78 is 0. The first kappa shape index (κ1) is 12.9. The molecule has 23 heavy (non-hydrogen) atoms. The number of carbonyl (C=O) groups is 1. The van der Waals surface area contributed by atoms with Crippen LogP contribution >= 0.6 is 0 Å². The first-order valence-corrected chi connectivity index (χ1v) is 8.29. The van der Waals surface area contributed by atoms with Gasteiger partial charge in [-0.1, -0.05) is 48.5 Å². The topological polar surface area (TPSA) is 20.3 Å². The second kappa shape index (κ2) is 4.69. The number of anilines is 1. The SMILES string of the molecule is O=C1c2ccccc2-c2ccc(N3CCCC3)c3cccc1c23. The molecule has 0 amide bonds. The van der Waals surface area contributed by atoms with Crippen molar-refractivity contribution >= 4 is 22.2 Å². The van der Waals surface area contributed by atoms with Gasteiger partial charge in [0.05, 0.1) is 0 Å². The monoisotopic (exact) mass is 299 g/mol. The van der Waals surface area contributed by atoms with Crippen molar-refractivity contribution in [1.82, 2.24) is 0 Å². The second-order valence-corrected chi connectivity index (χ2v) is 6.43. The Hall–Kier alpha value is -2.61. The molecule has 0 bridgehead atoms. The summed E-state index contributed by atoms with van der Waals surface area (Å²) in [6.07, 6.45) is 2.51. The van der Waals surface area contributed by atoms with E-state index in [1.807, 2.05) is 30.3 Å². The van der Waals surface area contributed by atoms with Crippen molar-refractivity contribution < 1.29 is 4.79 Å². The normalized spacial score (nSPS) is 16.0. The van der Waals surface area contributed by atoms with Crippen molar-refractivity contribution in [3.63, 3.8) is 0 Å². The zero-order valence-corrected chi connectivity index (χ0v) is 12.9. The van der Waals surface area contributed by atoms with Crippen LogP contribution in [0.25, 0.3) is 21.9 Å². The largest absolute Gasteiger partial charge is 0.371 e. The number of rotatable bonds is 1. The zero-order chi connectivity index (χ0) is 15.4. The predicted molar refractivity (Wildman–Crippen MR) is 94.3 cm³/mol. The minimum atomic E-state index is 0.150. The summed E-state index contributed by atoms with van der Waals surface area (Å²) in [4.78, 5) is 15.4. The van der Waals surface area contributed by atoms with Gasteiger partial charge in [-0.05, 0) is 30.0 Å². The summed E-state index contributed by atoms with van der Waals surface area (Å²) in [5, 5.41) is 2.34. The number of nitrogens with zero attached hydrogens (tertiary/aromatic N) is 1. The maximum Gasteiger partial charge on any atom is 0.194 e. The quantitative estimate of drug-likeness (QED) is 0.510. The van der Waals surface area contributed by atoms with Gasteiger partial charge < -0.3 is 4.90 Å². The van der Waals surface area contributed by atoms with Gasteiger partial charge in [-0.2, -0.15) is 0 Å². The van der Waals surface area contributed by atoms with E-state index in [0.29, 0.717) is 0 Å². The Bertz CT molecular complexity index is 951. The standard InChI is InChI=1S/C21H17NO/c23-21-16-7-2-1-6-14(16)15-10-11-19(22-12-3-4-13-22)17-8-5-9-18(21)20(15)17/h1-2,5-11H,3-4,12-13H2. The van der Waals surface area contributed by atoms with Crippen LogP contribution in [0, 0.1) is 0 Å². The minimum Gasteiger partial charge on any atom is -0.371 e. The fourth-order valence-electron chi connectivity index (χ4n) is 4.10. The molecule has 0 atom stereocenters. The Balaban J connectivity index is 1.88. The molecule has 0 saturated carbocycles. The van der Waals surface area contributed by atoms with Crippen LogP contribution in [-0.2, 0) is 0 Å². The van der Waals surface area contributed by atoms with E-state index in [4.69, 9.17) is 0 Å². The van der Waals surface area contributed by atoms with Gasteiger partial charge in [-0.15, -0.1) is 0 Å². The van der Waals surface area contributed by atoms with Crippen molar-refractivity contribution in [2.24, 2.45) is 0 Å². The third-order valence-electron chi connectivity index (χ3n) is 5.17. The summed E-state index contributed by atoms with van der Waals surface area (Å²) in [5.41, 5.74) is 5.19. The molecule has 5 rings (SSSR count). The van der Waals surface area contributed by atoms with Crippen molar-refractivity contribution in [1.29, 1.82) is 0 Å². The highest BCUT2D eigenvalue weighted by molar-refractivity contribution is 6.27. The van der Waals surface area contributed by atoms with Crippen molar-refractivity contribution in [2.45, 2.75) is 12.8 Å². The number of ketones is 1. The fourth-order valence-corrected chi connectivity index (χ4v) is 4.10. The van der Waals surface area contributed by atoms with Crippen LogP contribution in [0.5, 0.6) is 0 Å². The van der Waals surface area contributed by atoms with Gasteiger partial charge in [-0.3, -0.25) is 4.79 Å². The van der Waals surface area contributed by atoms with Crippen LogP contribution in [0.2, 0.25) is 0 Å². The Kier molecular flexibility index (Phi) is 2.63. The molecule has 1 saturated heterocycles. The van der Waals surface area contributed by atoms with Gasteiger partial charge >= 0.3 is 0 Å². The first-order valence-electron chi connectivity index (χ1n) is 8.29. The molecule has 2 heteroatoms. The van der Waals surface area contributed by atoms with Crippen LogP contribution in [-0.4, -0.2) is 18.9 Å². The third kappa shape index (κ3) is 1.72. The van der Waals surface area contributed by atoms with Gasteiger partial charge in [0.1, 0.15) is 0 Å². The lowest BCUT2D eigenvalue weighted by atomic mass is 9.82. The lowest BCUT2D eigenvalue weighted by Gasteiger charge is -2.25. The molecule has 1 fully saturated rings. The molecule has 2 nitrogen and oxygen atoms in total. The van der Waals surface area contributed by atoms with E-state index in [0.717, 1.165) is 35.2 Å². The van der Waals surface area contributed by atoms with Crippen LogP contribution in [0.1, 0.15) is 28.8 Å². The third-order valence-corrected chi connectivity index (χ3v) is 5.17. The van der Waals surface area contributed by atoms with E-state index in [9.17, 15) is 4.79 Å². The molecule has 1 aliphatic heterocycles. The molecule has 0 aromatic heterocycles. The Morgan fingerprint density at radius 2 is 1.43 bits per heavy atom. The maximum absolute atomic E-state index is 12.9. The zero-order valence-electron chi connectivity index (χ0n) is 12.9. The molecule has 2 aliphatic rings. The molecule has 3 aromatic carbocycles. The van der Waals surface area contributed by atoms with E-state index in [1.165, 1.54) is 29.5 Å². The van der Waals surface area contributed by atoms with Crippen LogP contribution in [0.15, 0.2) is 54.6 Å². The summed E-state index contributed by atoms with van der Waals surface area (Å²) >= 11 is 0. The van der Waals surface area contributed by atoms with Gasteiger partial charge in [0.25, 0.3) is 0 Å². The minimum absolute atomic E-state index is 0.150. The lowest BCUT2D eigenvalue weighted by molar-refractivity contribution is 0.104. The molecule has 0 spiro atoms. The number of fused-ring (bicyclic) bond motifs is 2. The molecule has 3 aromatic rings. The smallest absolute Gasteiger partial charge is 0.194 e. The van der Waals surface area contributed by atoms with Crippen molar-refractivity contribution in [3.05, 3.63) is 65.7 Å². The van der Waals surface area contributed by atoms with E-state index >= 15 is 0 Å². The van der Waals surface area contributed by atoms with Gasteiger partial charge in [0.2, 0.25) is 0 Å². The van der Waals surface area contributed by atoms with Crippen molar-refractivity contribution in [2.75, 3.05) is 18.0 Å². The van der Waals surface area contributed by atoms with Crippen molar-refractivity contribution in [3.8, 4) is 11.1 Å². The second-order valence-electron chi connectivity index (χ2n) is 6.43. The number of carbonyl (C=O) groups excluding carboxylic acids is 1. The number of benzene rings is 3. The number of hydrogen-bond donors (Lipinski definition) is 0. The summed E-state index contributed by atoms with van der Waals surface area (Å²) in [6.45, 7) is 2.23. The van der Waals surface area contributed by atoms with E-state index in [-0.39, 0.29) is 5.78 Å². The molecule has 1 aliphatic carbocycles. The van der Waals surface area contributed by atoms with E-state index < -0.39 is 0 Å². The van der Waals surface area contributed by atoms with E-state index in [2.05, 4.69) is 29.2 Å². The molecule has 0 unspecified atom stereocenters. The summed E-state index contributed by atoms with van der Waals surface area (Å²) in [5.74, 6) is 0.150.